The van der Waals surface area contributed by atoms with Gasteiger partial charge < -0.3 is 15.8 Å². The van der Waals surface area contributed by atoms with Crippen molar-refractivity contribution in [2.75, 3.05) is 18.1 Å². The van der Waals surface area contributed by atoms with Crippen LogP contribution in [-0.2, 0) is 0 Å². The molecule has 0 unspecified atom stereocenters. The summed E-state index contributed by atoms with van der Waals surface area (Å²) < 4.78 is 18.9. The quantitative estimate of drug-likeness (QED) is 0.873. The second kappa shape index (κ2) is 5.18. The van der Waals surface area contributed by atoms with Gasteiger partial charge in [-0.1, -0.05) is 0 Å². The Morgan fingerprint density at radius 3 is 2.79 bits per heavy atom. The molecule has 0 amide bonds. The molecule has 1 aromatic heterocycles. The highest BCUT2D eigenvalue weighted by Crippen LogP contribution is 2.25. The van der Waals surface area contributed by atoms with E-state index in [9.17, 15) is 4.39 Å². The second-order valence-corrected chi connectivity index (χ2v) is 3.56. The third kappa shape index (κ3) is 2.87. The monoisotopic (exact) mass is 259 g/mol. The lowest BCUT2D eigenvalue weighted by Crippen LogP contribution is -2.01. The van der Waals surface area contributed by atoms with E-state index >= 15 is 0 Å². The van der Waals surface area contributed by atoms with E-state index in [-0.39, 0.29) is 23.1 Å². The van der Waals surface area contributed by atoms with Gasteiger partial charge in [0.1, 0.15) is 5.82 Å². The Labute approximate surface area is 108 Å². The standard InChI is InChI=1S/C12H10FN5O/c1-16-10-5-11(18-12(15)17-10)19-9-3-2-7(6-14)4-8(9)13/h2-5H,1H3,(H3,15,16,17,18). The summed E-state index contributed by atoms with van der Waals surface area (Å²) in [6.07, 6.45) is 0. The van der Waals surface area contributed by atoms with Crippen LogP contribution in [0.4, 0.5) is 16.2 Å². The maximum Gasteiger partial charge on any atom is 0.226 e. The molecule has 19 heavy (non-hydrogen) atoms. The number of nitrogens with one attached hydrogen (secondary N) is 1. The first-order valence-electron chi connectivity index (χ1n) is 5.32. The number of nitriles is 1. The smallest absolute Gasteiger partial charge is 0.226 e. The molecular formula is C12H10FN5O. The van der Waals surface area contributed by atoms with Crippen molar-refractivity contribution in [1.82, 2.24) is 9.97 Å². The highest BCUT2D eigenvalue weighted by atomic mass is 19.1. The molecule has 3 N–H and O–H groups in total. The van der Waals surface area contributed by atoms with Crippen molar-refractivity contribution in [2.45, 2.75) is 0 Å². The summed E-state index contributed by atoms with van der Waals surface area (Å²) in [5.41, 5.74) is 5.70. The van der Waals surface area contributed by atoms with Crippen LogP contribution in [0.5, 0.6) is 11.6 Å². The molecule has 2 aromatic rings. The van der Waals surface area contributed by atoms with E-state index in [0.717, 1.165) is 6.07 Å². The number of halogens is 1. The van der Waals surface area contributed by atoms with Crippen molar-refractivity contribution in [2.24, 2.45) is 0 Å². The fraction of sp³-hybridized carbons (Fsp3) is 0.0833. The van der Waals surface area contributed by atoms with Gasteiger partial charge in [0, 0.05) is 13.1 Å². The molecule has 0 bridgehead atoms. The number of hydrogen-bond donors (Lipinski definition) is 2. The van der Waals surface area contributed by atoms with Crippen LogP contribution in [0.2, 0.25) is 0 Å². The molecule has 0 aliphatic heterocycles. The molecule has 0 fully saturated rings. The van der Waals surface area contributed by atoms with Crippen LogP contribution in [-0.4, -0.2) is 17.0 Å². The minimum Gasteiger partial charge on any atom is -0.436 e. The van der Waals surface area contributed by atoms with Crippen LogP contribution >= 0.6 is 0 Å². The Morgan fingerprint density at radius 1 is 1.37 bits per heavy atom. The van der Waals surface area contributed by atoms with Crippen LogP contribution in [0, 0.1) is 17.1 Å². The number of aromatic nitrogens is 2. The van der Waals surface area contributed by atoms with E-state index in [1.54, 1.807) is 7.05 Å². The highest BCUT2D eigenvalue weighted by Gasteiger charge is 2.08. The van der Waals surface area contributed by atoms with Crippen molar-refractivity contribution in [1.29, 1.82) is 5.26 Å². The fourth-order valence-electron chi connectivity index (χ4n) is 1.39. The Bertz CT molecular complexity index is 653. The average Bonchev–Trinajstić information content (AvgIpc) is 2.40. The van der Waals surface area contributed by atoms with E-state index < -0.39 is 5.82 Å². The number of nitrogens with two attached hydrogens (primary N) is 1. The summed E-state index contributed by atoms with van der Waals surface area (Å²) in [7, 11) is 1.66. The number of rotatable bonds is 3. The molecule has 6 nitrogen and oxygen atoms in total. The highest BCUT2D eigenvalue weighted by molar-refractivity contribution is 5.44. The molecule has 96 valence electrons. The summed E-state index contributed by atoms with van der Waals surface area (Å²) in [5, 5.41) is 11.4. The van der Waals surface area contributed by atoms with E-state index in [1.165, 1.54) is 18.2 Å². The SMILES string of the molecule is CNc1cc(Oc2ccc(C#N)cc2F)nc(N)n1. The lowest BCUT2D eigenvalue weighted by molar-refractivity contribution is 0.427. The lowest BCUT2D eigenvalue weighted by Gasteiger charge is -2.08. The maximum atomic E-state index is 13.6. The number of hydrogen-bond acceptors (Lipinski definition) is 6. The topological polar surface area (TPSA) is 96.8 Å². The van der Waals surface area contributed by atoms with E-state index in [4.69, 9.17) is 15.7 Å². The summed E-state index contributed by atoms with van der Waals surface area (Å²) in [6, 6.07) is 7.20. The molecule has 0 saturated heterocycles. The predicted molar refractivity (Wildman–Crippen MR) is 67.2 cm³/mol. The molecule has 0 atom stereocenters. The first kappa shape index (κ1) is 12.6. The summed E-state index contributed by atoms with van der Waals surface area (Å²) in [5.74, 6) is -0.116. The molecule has 0 aliphatic rings. The van der Waals surface area contributed by atoms with Gasteiger partial charge in [-0.25, -0.2) is 4.39 Å². The van der Waals surface area contributed by atoms with Gasteiger partial charge in [-0.05, 0) is 18.2 Å². The zero-order valence-electron chi connectivity index (χ0n) is 10.0. The van der Waals surface area contributed by atoms with Crippen LogP contribution < -0.4 is 15.8 Å². The molecule has 0 radical (unpaired) electrons. The number of nitrogens with zero attached hydrogens (tertiary/aromatic N) is 3. The Kier molecular flexibility index (Phi) is 3.43. The first-order valence-corrected chi connectivity index (χ1v) is 5.32. The normalized spacial score (nSPS) is 9.74. The first-order chi connectivity index (χ1) is 9.12. The van der Waals surface area contributed by atoms with Gasteiger partial charge in [0.05, 0.1) is 11.6 Å². The van der Waals surface area contributed by atoms with Crippen molar-refractivity contribution >= 4 is 11.8 Å². The van der Waals surface area contributed by atoms with Gasteiger partial charge in [-0.15, -0.1) is 0 Å². The Hall–Kier alpha value is -2.88. The number of nitrogen functional groups attached to an aromatic ring is 1. The largest absolute Gasteiger partial charge is 0.436 e. The maximum absolute atomic E-state index is 13.6. The van der Waals surface area contributed by atoms with Gasteiger partial charge in [0.15, 0.2) is 11.6 Å². The lowest BCUT2D eigenvalue weighted by atomic mass is 10.2. The molecule has 7 heteroatoms. The summed E-state index contributed by atoms with van der Waals surface area (Å²) in [4.78, 5) is 7.72. The molecular weight excluding hydrogens is 249 g/mol. The zero-order valence-corrected chi connectivity index (χ0v) is 10.0. The van der Waals surface area contributed by atoms with Crippen LogP contribution in [0.15, 0.2) is 24.3 Å². The third-order valence-electron chi connectivity index (χ3n) is 2.25. The molecule has 0 saturated carbocycles. The van der Waals surface area contributed by atoms with E-state index in [0.29, 0.717) is 5.82 Å². The number of anilines is 2. The van der Waals surface area contributed by atoms with Gasteiger partial charge >= 0.3 is 0 Å². The summed E-state index contributed by atoms with van der Waals surface area (Å²) >= 11 is 0. The van der Waals surface area contributed by atoms with Crippen molar-refractivity contribution in [3.63, 3.8) is 0 Å². The van der Waals surface area contributed by atoms with Crippen LogP contribution in [0.3, 0.4) is 0 Å². The fourth-order valence-corrected chi connectivity index (χ4v) is 1.39. The minimum absolute atomic E-state index is 0.0101. The predicted octanol–water partition coefficient (Wildman–Crippen LogP) is 1.90. The van der Waals surface area contributed by atoms with Crippen molar-refractivity contribution < 1.29 is 9.13 Å². The third-order valence-corrected chi connectivity index (χ3v) is 2.25. The summed E-state index contributed by atoms with van der Waals surface area (Å²) in [6.45, 7) is 0. The van der Waals surface area contributed by atoms with E-state index in [1.807, 2.05) is 6.07 Å². The van der Waals surface area contributed by atoms with Crippen molar-refractivity contribution in [3.05, 3.63) is 35.6 Å². The molecule has 0 aliphatic carbocycles. The van der Waals surface area contributed by atoms with Gasteiger partial charge in [-0.2, -0.15) is 15.2 Å². The zero-order chi connectivity index (χ0) is 13.8. The van der Waals surface area contributed by atoms with E-state index in [2.05, 4.69) is 15.3 Å². The van der Waals surface area contributed by atoms with Gasteiger partial charge in [0.25, 0.3) is 0 Å². The molecule has 1 aromatic carbocycles. The molecule has 2 rings (SSSR count). The van der Waals surface area contributed by atoms with Crippen molar-refractivity contribution in [3.8, 4) is 17.7 Å². The minimum atomic E-state index is -0.651. The Morgan fingerprint density at radius 2 is 2.16 bits per heavy atom. The Balaban J connectivity index is 2.31. The van der Waals surface area contributed by atoms with Crippen LogP contribution in [0.1, 0.15) is 5.56 Å². The van der Waals surface area contributed by atoms with Gasteiger partial charge in [-0.3, -0.25) is 0 Å². The molecule has 1 heterocycles. The van der Waals surface area contributed by atoms with Crippen LogP contribution in [0.25, 0.3) is 0 Å². The van der Waals surface area contributed by atoms with Gasteiger partial charge in [0.2, 0.25) is 11.8 Å². The number of benzene rings is 1. The number of ether oxygens (including phenoxy) is 1. The molecule has 0 spiro atoms. The second-order valence-electron chi connectivity index (χ2n) is 3.56. The average molecular weight is 259 g/mol.